The van der Waals surface area contributed by atoms with E-state index in [4.69, 9.17) is 28.3 Å². The van der Waals surface area contributed by atoms with E-state index >= 15 is 0 Å². The third-order valence-corrected chi connectivity index (χ3v) is 6.04. The first kappa shape index (κ1) is 33.8. The Hall–Kier alpha value is -4.72. The fourth-order valence-electron chi connectivity index (χ4n) is 3.44. The average Bonchev–Trinajstić information content (AvgIpc) is 2.88. The highest BCUT2D eigenvalue weighted by Crippen LogP contribution is 2.28. The van der Waals surface area contributed by atoms with Gasteiger partial charge in [-0.1, -0.05) is 23.2 Å². The van der Waals surface area contributed by atoms with Crippen molar-refractivity contribution in [3.05, 3.63) is 109 Å². The number of aromatic amines is 1. The first-order valence-corrected chi connectivity index (χ1v) is 11.8. The quantitative estimate of drug-likeness (QED) is 0.244. The lowest BCUT2D eigenvalue weighted by Gasteiger charge is -2.13. The lowest BCUT2D eigenvalue weighted by Crippen LogP contribution is -2.42. The van der Waals surface area contributed by atoms with Gasteiger partial charge in [-0.3, -0.25) is 23.5 Å². The smallest absolute Gasteiger partial charge is 0.431 e. The van der Waals surface area contributed by atoms with Crippen LogP contribution in [0.25, 0.3) is 11.6 Å². The Morgan fingerprint density at radius 2 is 1.20 bits per heavy atom. The number of aromatic hydroxyl groups is 1. The molecule has 0 fully saturated rings. The maximum atomic E-state index is 13.8. The van der Waals surface area contributed by atoms with Crippen LogP contribution in [0.5, 0.6) is 5.75 Å². The Morgan fingerprint density at radius 3 is 1.68 bits per heavy atom. The van der Waals surface area contributed by atoms with Gasteiger partial charge in [0.05, 0.1) is 0 Å². The largest absolute Gasteiger partial charge is 0.505 e. The Morgan fingerprint density at radius 1 is 0.750 bits per heavy atom. The molecule has 0 unspecified atom stereocenters. The summed E-state index contributed by atoms with van der Waals surface area (Å²) in [7, 11) is 1.52. The minimum Gasteiger partial charge on any atom is -0.505 e. The molecule has 12 nitrogen and oxygen atoms in total. The van der Waals surface area contributed by atoms with Crippen LogP contribution in [0.1, 0.15) is 11.4 Å². The van der Waals surface area contributed by atoms with Crippen molar-refractivity contribution in [1.29, 1.82) is 0 Å². The van der Waals surface area contributed by atoms with Crippen LogP contribution in [-0.2, 0) is 26.4 Å². The number of hydrogen-bond donors (Lipinski definition) is 2. The van der Waals surface area contributed by atoms with E-state index in [1.54, 1.807) is 0 Å². The van der Waals surface area contributed by atoms with Crippen LogP contribution in [0.4, 0.5) is 35.1 Å². The predicted molar refractivity (Wildman–Crippen MR) is 135 cm³/mol. The zero-order valence-electron chi connectivity index (χ0n) is 21.3. The summed E-state index contributed by atoms with van der Waals surface area (Å²) in [6, 6.07) is 1.27. The molecule has 0 aliphatic carbocycles. The van der Waals surface area contributed by atoms with E-state index in [0.29, 0.717) is 12.1 Å². The van der Waals surface area contributed by atoms with E-state index in [2.05, 4.69) is 4.98 Å². The summed E-state index contributed by atoms with van der Waals surface area (Å²) in [4.78, 5) is 63.8. The molecular weight excluding hydrogens is 667 g/mol. The minimum atomic E-state index is -4.95. The summed E-state index contributed by atoms with van der Waals surface area (Å²) in [6.45, 7) is 0. The van der Waals surface area contributed by atoms with Crippen molar-refractivity contribution in [1.82, 2.24) is 28.2 Å². The lowest BCUT2D eigenvalue weighted by molar-refractivity contribution is -0.144. The Labute approximate surface area is 245 Å². The van der Waals surface area contributed by atoms with Gasteiger partial charge < -0.3 is 10.1 Å². The zero-order valence-corrected chi connectivity index (χ0v) is 22.8. The fourth-order valence-corrected chi connectivity index (χ4v) is 3.71. The number of pyridine rings is 2. The number of nitrogens with one attached hydrogen (secondary N) is 1. The minimum absolute atomic E-state index is 0.0717. The van der Waals surface area contributed by atoms with E-state index in [1.165, 1.54) is 0 Å². The zero-order chi connectivity index (χ0) is 33.6. The molecule has 0 radical (unpaired) electrons. The summed E-state index contributed by atoms with van der Waals surface area (Å²) in [5.41, 5.74) is -9.84. The molecule has 22 heteroatoms. The van der Waals surface area contributed by atoms with Gasteiger partial charge in [-0.25, -0.2) is 32.5 Å². The van der Waals surface area contributed by atoms with E-state index in [1.807, 2.05) is 4.98 Å². The number of halogens is 10. The van der Waals surface area contributed by atoms with Crippen molar-refractivity contribution in [2.24, 2.45) is 14.1 Å². The molecule has 2 N–H and O–H groups in total. The Balaban J connectivity index is 0.000000240. The van der Waals surface area contributed by atoms with Crippen molar-refractivity contribution in [3.8, 4) is 17.4 Å². The molecule has 0 aromatic carbocycles. The second-order valence-corrected chi connectivity index (χ2v) is 9.10. The van der Waals surface area contributed by atoms with Crippen molar-refractivity contribution in [2.45, 2.75) is 12.4 Å². The van der Waals surface area contributed by atoms with Gasteiger partial charge in [-0.05, 0) is 0 Å². The number of nitrogens with zero attached hydrogens (tertiary/aromatic N) is 5. The number of rotatable bonds is 2. The summed E-state index contributed by atoms with van der Waals surface area (Å²) in [5, 5.41) is 8.00. The highest BCUT2D eigenvalue weighted by Gasteiger charge is 2.36. The van der Waals surface area contributed by atoms with E-state index < -0.39 is 91.0 Å². The van der Waals surface area contributed by atoms with Crippen molar-refractivity contribution >= 4 is 23.2 Å². The molecule has 0 atom stereocenters. The monoisotopic (exact) mass is 678 g/mol. The van der Waals surface area contributed by atoms with Crippen LogP contribution < -0.4 is 28.1 Å². The molecule has 4 aromatic heterocycles. The van der Waals surface area contributed by atoms with Gasteiger partial charge >= 0.3 is 23.7 Å². The van der Waals surface area contributed by atoms with E-state index in [0.717, 1.165) is 14.1 Å². The Kier molecular flexibility index (Phi) is 9.02. The molecule has 236 valence electrons. The van der Waals surface area contributed by atoms with Crippen LogP contribution >= 0.6 is 23.2 Å². The van der Waals surface area contributed by atoms with Gasteiger partial charge in [0.2, 0.25) is 0 Å². The molecule has 0 aliphatic heterocycles. The van der Waals surface area contributed by atoms with Crippen LogP contribution in [0.15, 0.2) is 48.2 Å². The molecule has 4 rings (SSSR count). The highest BCUT2D eigenvalue weighted by atomic mass is 35.5. The molecule has 44 heavy (non-hydrogen) atoms. The number of aromatic nitrogens is 6. The normalized spacial score (nSPS) is 11.7. The van der Waals surface area contributed by atoms with Crippen LogP contribution in [0.2, 0.25) is 10.2 Å². The molecule has 4 heterocycles. The predicted octanol–water partition coefficient (Wildman–Crippen LogP) is 2.48. The summed E-state index contributed by atoms with van der Waals surface area (Å²) >= 11 is 10.8. The fraction of sp³-hybridized carbons (Fsp3) is 0.182. The van der Waals surface area contributed by atoms with Gasteiger partial charge in [0.25, 0.3) is 16.7 Å². The van der Waals surface area contributed by atoms with E-state index in [-0.39, 0.29) is 30.4 Å². The summed E-state index contributed by atoms with van der Waals surface area (Å²) in [5.74, 6) is -5.11. The van der Waals surface area contributed by atoms with E-state index in [9.17, 15) is 59.1 Å². The van der Waals surface area contributed by atoms with Crippen LogP contribution in [-0.4, -0.2) is 33.3 Å². The molecule has 4 aromatic rings. The molecule has 0 saturated carbocycles. The maximum Gasteiger partial charge on any atom is 0.431 e. The average molecular weight is 679 g/mol. The SMILES string of the molecule is Cn1c(C(F)(F)F)cc(=O)n(-c2[nH]c(=O)c(Cl)cc2F)c1=O.Cn1c(C(F)(F)F)cc(=O)n(-c2nc(Cl)c(O)cc2F)c1=O. The van der Waals surface area contributed by atoms with Crippen molar-refractivity contribution in [2.75, 3.05) is 0 Å². The van der Waals surface area contributed by atoms with Gasteiger partial charge in [0.1, 0.15) is 16.4 Å². The standard InChI is InChI=1S/2C11H6ClF4N3O3/c1-18-6(11(14,15)16)3-7(21)19(10(18)22)9-4(13)2-5(20)8(12)17-9;1-18-6(11(14,15)16)3-7(20)19(10(18)22)8-5(13)2-4(12)9(21)17-8/h2-3,20H,1H3;2-3H,1H3,(H,17,21). The molecular formula is C22H12Cl2F8N6O6. The second kappa shape index (κ2) is 11.8. The topological polar surface area (TPSA) is 154 Å². The van der Waals surface area contributed by atoms with Crippen molar-refractivity contribution in [3.63, 3.8) is 0 Å². The third-order valence-electron chi connectivity index (χ3n) is 5.48. The highest BCUT2D eigenvalue weighted by molar-refractivity contribution is 6.31. The van der Waals surface area contributed by atoms with Gasteiger partial charge in [0.15, 0.2) is 34.2 Å². The molecule has 0 saturated heterocycles. The maximum absolute atomic E-state index is 13.8. The number of H-pyrrole nitrogens is 1. The van der Waals surface area contributed by atoms with Crippen LogP contribution in [0.3, 0.4) is 0 Å². The first-order chi connectivity index (χ1) is 20.1. The van der Waals surface area contributed by atoms with Gasteiger partial charge in [-0.15, -0.1) is 0 Å². The third kappa shape index (κ3) is 6.44. The number of alkyl halides is 6. The molecule has 0 spiro atoms. The molecule has 0 amide bonds. The molecule has 0 aliphatic rings. The lowest BCUT2D eigenvalue weighted by atomic mass is 10.3. The Bertz CT molecular complexity index is 2100. The van der Waals surface area contributed by atoms with Gasteiger partial charge in [-0.2, -0.15) is 26.3 Å². The van der Waals surface area contributed by atoms with Crippen molar-refractivity contribution < 1.29 is 40.2 Å². The summed E-state index contributed by atoms with van der Waals surface area (Å²) < 4.78 is 104. The second-order valence-electron chi connectivity index (χ2n) is 8.33. The number of hydrogen-bond acceptors (Lipinski definition) is 7. The first-order valence-electron chi connectivity index (χ1n) is 11.0. The van der Waals surface area contributed by atoms with Crippen LogP contribution in [0, 0.1) is 11.6 Å². The summed E-state index contributed by atoms with van der Waals surface area (Å²) in [6.07, 6.45) is -9.89. The van der Waals surface area contributed by atoms with Gasteiger partial charge in [0, 0.05) is 38.4 Å². The molecule has 0 bridgehead atoms.